The molecule has 0 amide bonds. The maximum absolute atomic E-state index is 9.12. The minimum Gasteiger partial charge on any atom is -0.399 e. The van der Waals surface area contributed by atoms with Gasteiger partial charge in [0.05, 0.1) is 17.3 Å². The Bertz CT molecular complexity index is 655. The number of nitrogens with zero attached hydrogens (tertiary/aromatic N) is 1. The highest BCUT2D eigenvalue weighted by atomic mass is 14.9. The fraction of sp³-hybridized carbons (Fsp3) is 0.188. The van der Waals surface area contributed by atoms with Crippen LogP contribution in [-0.2, 0) is 6.42 Å². The second-order valence-corrected chi connectivity index (χ2v) is 4.85. The van der Waals surface area contributed by atoms with Crippen LogP contribution in [0.25, 0.3) is 0 Å². The highest BCUT2D eigenvalue weighted by Crippen LogP contribution is 2.35. The van der Waals surface area contributed by atoms with Gasteiger partial charge in [0.1, 0.15) is 6.07 Å². The van der Waals surface area contributed by atoms with Crippen molar-refractivity contribution in [3.63, 3.8) is 0 Å². The summed E-state index contributed by atoms with van der Waals surface area (Å²) < 4.78 is 0. The van der Waals surface area contributed by atoms with Crippen molar-refractivity contribution in [3.8, 4) is 6.07 Å². The fourth-order valence-corrected chi connectivity index (χ4v) is 2.68. The summed E-state index contributed by atoms with van der Waals surface area (Å²) in [4.78, 5) is 0. The van der Waals surface area contributed by atoms with E-state index in [1.165, 1.54) is 11.1 Å². The van der Waals surface area contributed by atoms with Gasteiger partial charge in [-0.3, -0.25) is 0 Å². The number of nitriles is 1. The van der Waals surface area contributed by atoms with E-state index in [9.17, 15) is 0 Å². The molecule has 0 saturated heterocycles. The summed E-state index contributed by atoms with van der Waals surface area (Å²) in [6, 6.07) is 16.2. The molecular formula is C16H15N3. The average molecular weight is 249 g/mol. The molecule has 94 valence electrons. The van der Waals surface area contributed by atoms with Crippen LogP contribution in [-0.4, -0.2) is 0 Å². The minimum atomic E-state index is 0.269. The van der Waals surface area contributed by atoms with Crippen LogP contribution >= 0.6 is 0 Å². The Morgan fingerprint density at radius 2 is 2.05 bits per heavy atom. The summed E-state index contributed by atoms with van der Waals surface area (Å²) in [6.45, 7) is 0. The van der Waals surface area contributed by atoms with Gasteiger partial charge in [-0.15, -0.1) is 0 Å². The third-order valence-electron chi connectivity index (χ3n) is 3.62. The normalized spacial score (nSPS) is 16.7. The Morgan fingerprint density at radius 1 is 1.21 bits per heavy atom. The number of anilines is 2. The molecule has 2 aromatic rings. The van der Waals surface area contributed by atoms with Gasteiger partial charge >= 0.3 is 0 Å². The number of hydrogen-bond acceptors (Lipinski definition) is 3. The predicted molar refractivity (Wildman–Crippen MR) is 76.7 cm³/mol. The van der Waals surface area contributed by atoms with E-state index in [2.05, 4.69) is 17.5 Å². The number of para-hydroxylation sites is 1. The maximum atomic E-state index is 9.12. The molecule has 3 nitrogen and oxygen atoms in total. The molecule has 0 bridgehead atoms. The Morgan fingerprint density at radius 3 is 2.89 bits per heavy atom. The van der Waals surface area contributed by atoms with Crippen LogP contribution in [0.15, 0.2) is 42.5 Å². The van der Waals surface area contributed by atoms with Gasteiger partial charge in [0, 0.05) is 5.69 Å². The topological polar surface area (TPSA) is 61.8 Å². The number of rotatable bonds is 2. The lowest BCUT2D eigenvalue weighted by Gasteiger charge is -2.16. The third kappa shape index (κ3) is 2.13. The molecule has 1 aliphatic carbocycles. The van der Waals surface area contributed by atoms with Crippen LogP contribution in [0, 0.1) is 11.3 Å². The highest BCUT2D eigenvalue weighted by molar-refractivity contribution is 5.59. The molecule has 19 heavy (non-hydrogen) atoms. The number of benzene rings is 2. The summed E-state index contributed by atoms with van der Waals surface area (Å²) in [5.41, 5.74) is 10.8. The number of nitrogens with two attached hydrogens (primary N) is 1. The van der Waals surface area contributed by atoms with Gasteiger partial charge in [-0.2, -0.15) is 5.26 Å². The van der Waals surface area contributed by atoms with Crippen LogP contribution in [0.1, 0.15) is 29.2 Å². The van der Waals surface area contributed by atoms with Gasteiger partial charge in [0.25, 0.3) is 0 Å². The first-order chi connectivity index (χ1) is 9.28. The molecular weight excluding hydrogens is 234 g/mol. The first-order valence-corrected chi connectivity index (χ1v) is 6.42. The second-order valence-electron chi connectivity index (χ2n) is 4.85. The standard InChI is InChI=1S/C16H15N3/c17-10-12-3-1-2-4-15(12)19-16-8-5-11-9-13(18)6-7-14(11)16/h1-4,6-7,9,16,19H,5,8,18H2. The zero-order chi connectivity index (χ0) is 13.2. The Kier molecular flexibility index (Phi) is 2.85. The van der Waals surface area contributed by atoms with Gasteiger partial charge in [0.2, 0.25) is 0 Å². The summed E-state index contributed by atoms with van der Waals surface area (Å²) in [7, 11) is 0. The van der Waals surface area contributed by atoms with Crippen LogP contribution in [0.4, 0.5) is 11.4 Å². The summed E-state index contributed by atoms with van der Waals surface area (Å²) in [6.07, 6.45) is 2.07. The number of hydrogen-bond donors (Lipinski definition) is 2. The van der Waals surface area contributed by atoms with Crippen LogP contribution in [0.5, 0.6) is 0 Å². The molecule has 1 unspecified atom stereocenters. The summed E-state index contributed by atoms with van der Waals surface area (Å²) >= 11 is 0. The van der Waals surface area contributed by atoms with Crippen molar-refractivity contribution >= 4 is 11.4 Å². The Hall–Kier alpha value is -2.47. The molecule has 1 atom stereocenters. The molecule has 3 rings (SSSR count). The van der Waals surface area contributed by atoms with Crippen molar-refractivity contribution in [3.05, 3.63) is 59.2 Å². The van der Waals surface area contributed by atoms with Gasteiger partial charge in [-0.05, 0) is 48.2 Å². The molecule has 0 heterocycles. The maximum Gasteiger partial charge on any atom is 0.101 e. The zero-order valence-electron chi connectivity index (χ0n) is 10.6. The predicted octanol–water partition coefficient (Wildman–Crippen LogP) is 3.24. The average Bonchev–Trinajstić information content (AvgIpc) is 2.82. The van der Waals surface area contributed by atoms with Crippen molar-refractivity contribution in [1.29, 1.82) is 5.26 Å². The summed E-state index contributed by atoms with van der Waals surface area (Å²) in [5, 5.41) is 12.6. The van der Waals surface area contributed by atoms with Crippen molar-refractivity contribution in [2.75, 3.05) is 11.1 Å². The molecule has 0 spiro atoms. The minimum absolute atomic E-state index is 0.269. The second kappa shape index (κ2) is 4.66. The van der Waals surface area contributed by atoms with Crippen molar-refractivity contribution in [1.82, 2.24) is 0 Å². The Labute approximate surface area is 112 Å². The SMILES string of the molecule is N#Cc1ccccc1NC1CCc2cc(N)ccc21. The van der Waals surface area contributed by atoms with E-state index in [1.54, 1.807) is 0 Å². The molecule has 3 N–H and O–H groups in total. The molecule has 3 heteroatoms. The molecule has 0 radical (unpaired) electrons. The number of aryl methyl sites for hydroxylation is 1. The lowest BCUT2D eigenvalue weighted by Crippen LogP contribution is -2.08. The van der Waals surface area contributed by atoms with E-state index in [4.69, 9.17) is 11.0 Å². The van der Waals surface area contributed by atoms with E-state index >= 15 is 0 Å². The third-order valence-corrected chi connectivity index (χ3v) is 3.62. The molecule has 1 aliphatic rings. The lowest BCUT2D eigenvalue weighted by atomic mass is 10.1. The molecule has 0 fully saturated rings. The monoisotopic (exact) mass is 249 g/mol. The Balaban J connectivity index is 1.89. The number of nitrogens with one attached hydrogen (secondary N) is 1. The van der Waals surface area contributed by atoms with Gasteiger partial charge in [-0.25, -0.2) is 0 Å². The molecule has 2 aromatic carbocycles. The number of fused-ring (bicyclic) bond motifs is 1. The van der Waals surface area contributed by atoms with Crippen LogP contribution < -0.4 is 11.1 Å². The molecule has 0 aliphatic heterocycles. The van der Waals surface area contributed by atoms with E-state index in [-0.39, 0.29) is 6.04 Å². The smallest absolute Gasteiger partial charge is 0.101 e. The first-order valence-electron chi connectivity index (χ1n) is 6.42. The fourth-order valence-electron chi connectivity index (χ4n) is 2.68. The highest BCUT2D eigenvalue weighted by Gasteiger charge is 2.22. The van der Waals surface area contributed by atoms with E-state index < -0.39 is 0 Å². The summed E-state index contributed by atoms with van der Waals surface area (Å²) in [5.74, 6) is 0. The first kappa shape index (κ1) is 11.6. The van der Waals surface area contributed by atoms with Gasteiger partial charge in [-0.1, -0.05) is 18.2 Å². The largest absolute Gasteiger partial charge is 0.399 e. The van der Waals surface area contributed by atoms with E-state index in [0.717, 1.165) is 24.2 Å². The van der Waals surface area contributed by atoms with E-state index in [0.29, 0.717) is 5.56 Å². The lowest BCUT2D eigenvalue weighted by molar-refractivity contribution is 0.762. The quantitative estimate of drug-likeness (QED) is 0.803. The van der Waals surface area contributed by atoms with Crippen LogP contribution in [0.2, 0.25) is 0 Å². The molecule has 0 saturated carbocycles. The van der Waals surface area contributed by atoms with Gasteiger partial charge < -0.3 is 11.1 Å². The van der Waals surface area contributed by atoms with Crippen molar-refractivity contribution in [2.24, 2.45) is 0 Å². The van der Waals surface area contributed by atoms with Gasteiger partial charge in [0.15, 0.2) is 0 Å². The van der Waals surface area contributed by atoms with Crippen LogP contribution in [0.3, 0.4) is 0 Å². The van der Waals surface area contributed by atoms with Crippen molar-refractivity contribution in [2.45, 2.75) is 18.9 Å². The molecule has 0 aromatic heterocycles. The number of nitrogen functional groups attached to an aromatic ring is 1. The van der Waals surface area contributed by atoms with Crippen molar-refractivity contribution < 1.29 is 0 Å². The zero-order valence-corrected chi connectivity index (χ0v) is 10.6. The van der Waals surface area contributed by atoms with E-state index in [1.807, 2.05) is 36.4 Å².